The molecule has 0 atom stereocenters. The molecule has 0 unspecified atom stereocenters. The van der Waals surface area contributed by atoms with Gasteiger partial charge in [-0.1, -0.05) is 48.5 Å². The summed E-state index contributed by atoms with van der Waals surface area (Å²) < 4.78 is 0. The topological polar surface area (TPSA) is 77.0 Å². The molecule has 2 heterocycles. The first-order valence-electron chi connectivity index (χ1n) is 12.3. The van der Waals surface area contributed by atoms with E-state index in [2.05, 4.69) is 76.4 Å². The molecule has 1 N–H and O–H groups in total. The fraction of sp³-hybridized carbons (Fsp3) is 0.357. The van der Waals surface area contributed by atoms with Gasteiger partial charge in [0.1, 0.15) is 0 Å². The average Bonchev–Trinajstić information content (AvgIpc) is 3.22. The van der Waals surface area contributed by atoms with E-state index in [0.29, 0.717) is 18.2 Å². The van der Waals surface area contributed by atoms with E-state index >= 15 is 0 Å². The van der Waals surface area contributed by atoms with E-state index in [1.807, 2.05) is 31.2 Å². The van der Waals surface area contributed by atoms with Crippen LogP contribution in [0.4, 0.5) is 22.1 Å². The standard InChI is InChI=1S/C28H33N7O/c1-21-10-8-9-13-24(21)35(29-2)25-30-18-23(19-31-25)34-20-27(32-26(34)36)14-16-28(17-15-27,33(3)4)22-11-6-5-7-12-22/h5-13,18-19H,2,14-17,20H2,1,3-4H3,(H,32,36)/t27-,28+. The summed E-state index contributed by atoms with van der Waals surface area (Å²) in [6, 6.07) is 18.5. The number of amides is 2. The number of hydrogen-bond donors (Lipinski definition) is 1. The van der Waals surface area contributed by atoms with E-state index < -0.39 is 0 Å². The minimum Gasteiger partial charge on any atom is -0.330 e. The van der Waals surface area contributed by atoms with Gasteiger partial charge in [-0.15, -0.1) is 0 Å². The Morgan fingerprint density at radius 2 is 1.61 bits per heavy atom. The molecule has 1 spiro atoms. The molecule has 36 heavy (non-hydrogen) atoms. The molecule has 2 fully saturated rings. The van der Waals surface area contributed by atoms with Gasteiger partial charge in [-0.3, -0.25) is 9.80 Å². The van der Waals surface area contributed by atoms with Gasteiger partial charge in [0, 0.05) is 12.3 Å². The van der Waals surface area contributed by atoms with Crippen molar-refractivity contribution in [3.63, 3.8) is 0 Å². The lowest BCUT2D eigenvalue weighted by Gasteiger charge is -2.48. The Balaban J connectivity index is 1.33. The number of hydrogen-bond acceptors (Lipinski definition) is 6. The minimum atomic E-state index is -0.250. The second kappa shape index (κ2) is 9.35. The summed E-state index contributed by atoms with van der Waals surface area (Å²) >= 11 is 0. The third-order valence-electron chi connectivity index (χ3n) is 7.89. The highest BCUT2D eigenvalue weighted by Crippen LogP contribution is 2.46. The van der Waals surface area contributed by atoms with E-state index in [4.69, 9.17) is 0 Å². The predicted octanol–water partition coefficient (Wildman–Crippen LogP) is 4.84. The molecule has 8 nitrogen and oxygen atoms in total. The van der Waals surface area contributed by atoms with Crippen molar-refractivity contribution in [3.8, 4) is 0 Å². The van der Waals surface area contributed by atoms with Crippen LogP contribution in [0.5, 0.6) is 0 Å². The van der Waals surface area contributed by atoms with E-state index in [9.17, 15) is 4.79 Å². The number of aromatic nitrogens is 2. The van der Waals surface area contributed by atoms with Crippen LogP contribution in [0.25, 0.3) is 0 Å². The number of urea groups is 1. The first kappa shape index (κ1) is 23.9. The molecule has 0 radical (unpaired) electrons. The van der Waals surface area contributed by atoms with Gasteiger partial charge in [0.2, 0.25) is 0 Å². The Morgan fingerprint density at radius 3 is 2.22 bits per heavy atom. The Kier molecular flexibility index (Phi) is 6.22. The summed E-state index contributed by atoms with van der Waals surface area (Å²) in [5, 5.41) is 9.02. The molecule has 2 aliphatic rings. The van der Waals surface area contributed by atoms with Gasteiger partial charge in [-0.05, 0) is 63.9 Å². The van der Waals surface area contributed by atoms with E-state index in [0.717, 1.165) is 36.9 Å². The van der Waals surface area contributed by atoms with Crippen LogP contribution in [0.1, 0.15) is 36.8 Å². The minimum absolute atomic E-state index is 0.0217. The second-order valence-electron chi connectivity index (χ2n) is 10.1. The fourth-order valence-electron chi connectivity index (χ4n) is 5.70. The van der Waals surface area contributed by atoms with Crippen LogP contribution in [0.3, 0.4) is 0 Å². The number of carbonyl (C=O) groups is 1. The lowest BCUT2D eigenvalue weighted by Crippen LogP contribution is -2.54. The highest BCUT2D eigenvalue weighted by Gasteiger charge is 2.50. The SMILES string of the molecule is C=NN(c1ncc(N2C[C@]3(CC[C@](c4ccccc4)(N(C)C)CC3)NC2=O)cn1)c1ccccc1C. The molecule has 5 rings (SSSR count). The zero-order valence-corrected chi connectivity index (χ0v) is 21.2. The maximum Gasteiger partial charge on any atom is 0.322 e. The Morgan fingerprint density at radius 1 is 0.972 bits per heavy atom. The van der Waals surface area contributed by atoms with Gasteiger partial charge in [-0.25, -0.2) is 14.8 Å². The fourth-order valence-corrected chi connectivity index (χ4v) is 5.70. The van der Waals surface area contributed by atoms with Crippen LogP contribution in [0, 0.1) is 6.92 Å². The highest BCUT2D eigenvalue weighted by atomic mass is 16.2. The molecular weight excluding hydrogens is 450 g/mol. The summed E-state index contributed by atoms with van der Waals surface area (Å²) in [4.78, 5) is 26.2. The molecule has 1 aliphatic carbocycles. The normalized spacial score (nSPS) is 23.7. The van der Waals surface area contributed by atoms with Crippen LogP contribution in [-0.2, 0) is 5.54 Å². The molecule has 1 aliphatic heterocycles. The first-order chi connectivity index (χ1) is 17.4. The maximum atomic E-state index is 13.1. The highest BCUT2D eigenvalue weighted by molar-refractivity contribution is 5.95. The lowest BCUT2D eigenvalue weighted by atomic mass is 9.69. The number of nitrogens with one attached hydrogen (secondary N) is 1. The summed E-state index contributed by atoms with van der Waals surface area (Å²) in [5.41, 5.74) is 3.65. The van der Waals surface area contributed by atoms with Gasteiger partial charge in [-0.2, -0.15) is 10.1 Å². The number of aryl methyl sites for hydroxylation is 1. The van der Waals surface area contributed by atoms with E-state index in [-0.39, 0.29) is 17.1 Å². The molecule has 1 saturated carbocycles. The summed E-state index contributed by atoms with van der Waals surface area (Å²) in [6.45, 7) is 6.30. The molecular formula is C28H33N7O. The van der Waals surface area contributed by atoms with Gasteiger partial charge < -0.3 is 5.32 Å². The molecule has 186 valence electrons. The second-order valence-corrected chi connectivity index (χ2v) is 10.1. The first-order valence-corrected chi connectivity index (χ1v) is 12.3. The van der Waals surface area contributed by atoms with Crippen molar-refractivity contribution in [2.75, 3.05) is 30.5 Å². The zero-order valence-electron chi connectivity index (χ0n) is 21.2. The molecule has 3 aromatic rings. The molecule has 0 bridgehead atoms. The maximum absolute atomic E-state index is 13.1. The number of rotatable bonds is 6. The van der Waals surface area contributed by atoms with Gasteiger partial charge in [0.25, 0.3) is 5.95 Å². The van der Waals surface area contributed by atoms with Gasteiger partial charge in [0.05, 0.1) is 35.9 Å². The Labute approximate surface area is 212 Å². The molecule has 1 saturated heterocycles. The summed E-state index contributed by atoms with van der Waals surface area (Å²) in [7, 11) is 4.31. The lowest BCUT2D eigenvalue weighted by molar-refractivity contribution is 0.0658. The van der Waals surface area contributed by atoms with Crippen LogP contribution in [0.15, 0.2) is 72.1 Å². The Bertz CT molecular complexity index is 1230. The number of anilines is 3. The van der Waals surface area contributed by atoms with Crippen LogP contribution < -0.4 is 15.2 Å². The van der Waals surface area contributed by atoms with Crippen LogP contribution >= 0.6 is 0 Å². The number of para-hydroxylation sites is 1. The molecule has 1 aromatic heterocycles. The number of benzene rings is 2. The largest absolute Gasteiger partial charge is 0.330 e. The van der Waals surface area contributed by atoms with E-state index in [1.165, 1.54) is 5.56 Å². The summed E-state index contributed by atoms with van der Waals surface area (Å²) in [6.07, 6.45) is 7.14. The van der Waals surface area contributed by atoms with Crippen molar-refractivity contribution >= 4 is 30.1 Å². The van der Waals surface area contributed by atoms with Crippen molar-refractivity contribution in [2.24, 2.45) is 5.10 Å². The molecule has 8 heteroatoms. The van der Waals surface area contributed by atoms with Crippen molar-refractivity contribution in [1.82, 2.24) is 20.2 Å². The number of hydrazone groups is 1. The monoisotopic (exact) mass is 483 g/mol. The molecule has 2 aromatic carbocycles. The smallest absolute Gasteiger partial charge is 0.322 e. The molecule has 2 amide bonds. The van der Waals surface area contributed by atoms with Crippen molar-refractivity contribution < 1.29 is 4.79 Å². The van der Waals surface area contributed by atoms with E-state index in [1.54, 1.807) is 22.3 Å². The van der Waals surface area contributed by atoms with Crippen molar-refractivity contribution in [1.29, 1.82) is 0 Å². The van der Waals surface area contributed by atoms with Crippen molar-refractivity contribution in [2.45, 2.75) is 43.7 Å². The third-order valence-corrected chi connectivity index (χ3v) is 7.89. The van der Waals surface area contributed by atoms with Crippen LogP contribution in [-0.4, -0.2) is 53.8 Å². The zero-order chi connectivity index (χ0) is 25.3. The predicted molar refractivity (Wildman–Crippen MR) is 144 cm³/mol. The number of carbonyl (C=O) groups excluding carboxylic acids is 1. The average molecular weight is 484 g/mol. The van der Waals surface area contributed by atoms with Crippen LogP contribution in [0.2, 0.25) is 0 Å². The third kappa shape index (κ3) is 4.11. The quantitative estimate of drug-likeness (QED) is 0.401. The summed E-state index contributed by atoms with van der Waals surface area (Å²) in [5.74, 6) is 0.411. The Hall–Kier alpha value is -3.78. The number of nitrogens with zero attached hydrogens (tertiary/aromatic N) is 6. The van der Waals surface area contributed by atoms with Crippen molar-refractivity contribution in [3.05, 3.63) is 78.1 Å². The van der Waals surface area contributed by atoms with Gasteiger partial charge >= 0.3 is 6.03 Å². The van der Waals surface area contributed by atoms with Gasteiger partial charge in [0.15, 0.2) is 0 Å².